The molecule has 0 spiro atoms. The molecule has 1 rings (SSSR count). The van der Waals surface area contributed by atoms with Gasteiger partial charge in [0.05, 0.1) is 0 Å². The van der Waals surface area contributed by atoms with Gasteiger partial charge >= 0.3 is 5.97 Å². The fourth-order valence-electron chi connectivity index (χ4n) is 1.84. The van der Waals surface area contributed by atoms with Crippen molar-refractivity contribution in [1.82, 2.24) is 9.03 Å². The summed E-state index contributed by atoms with van der Waals surface area (Å²) in [6.45, 7) is 2.12. The molecule has 0 saturated heterocycles. The molecule has 0 heterocycles. The molecule has 0 aromatic heterocycles. The van der Waals surface area contributed by atoms with E-state index in [0.29, 0.717) is 6.42 Å². The number of carboxylic acids is 1. The summed E-state index contributed by atoms with van der Waals surface area (Å²) in [6, 6.07) is 8.04. The first-order chi connectivity index (χ1) is 9.86. The van der Waals surface area contributed by atoms with Crippen LogP contribution in [0.3, 0.4) is 0 Å². The Morgan fingerprint density at radius 1 is 1.33 bits per heavy atom. The van der Waals surface area contributed by atoms with Crippen LogP contribution in [0.1, 0.15) is 31.7 Å². The molecule has 0 aliphatic heterocycles. The lowest BCUT2D eigenvalue weighted by Crippen LogP contribution is -2.46. The van der Waals surface area contributed by atoms with Crippen molar-refractivity contribution in [3.8, 4) is 0 Å². The summed E-state index contributed by atoms with van der Waals surface area (Å²) in [4.78, 5) is 11.1. The normalized spacial score (nSPS) is 13.3. The van der Waals surface area contributed by atoms with Gasteiger partial charge in [-0.05, 0) is 12.0 Å². The van der Waals surface area contributed by atoms with E-state index < -0.39 is 22.2 Å². The second-order valence-corrected chi connectivity index (χ2v) is 6.71. The van der Waals surface area contributed by atoms with Gasteiger partial charge in [-0.25, -0.2) is 0 Å². The highest BCUT2D eigenvalue weighted by atomic mass is 32.2. The predicted octanol–water partition coefficient (Wildman–Crippen LogP) is 1.60. The van der Waals surface area contributed by atoms with E-state index in [0.717, 1.165) is 16.3 Å². The Labute approximate surface area is 126 Å². The number of rotatable bonds is 9. The lowest BCUT2D eigenvalue weighted by molar-refractivity contribution is -0.139. The largest absolute Gasteiger partial charge is 0.480 e. The zero-order valence-electron chi connectivity index (χ0n) is 12.3. The highest BCUT2D eigenvalue weighted by Crippen LogP contribution is 2.08. The van der Waals surface area contributed by atoms with Gasteiger partial charge in [0, 0.05) is 13.6 Å². The fourth-order valence-corrected chi connectivity index (χ4v) is 2.91. The van der Waals surface area contributed by atoms with E-state index >= 15 is 0 Å². The SMILES string of the molecule is CCCC[C@H](NS(=O)(=O)N(C)Cc1ccccc1)C(=O)O. The first kappa shape index (κ1) is 17.6. The third kappa shape index (κ3) is 5.82. The van der Waals surface area contributed by atoms with Crippen LogP contribution in [0.25, 0.3) is 0 Å². The Morgan fingerprint density at radius 2 is 1.95 bits per heavy atom. The maximum Gasteiger partial charge on any atom is 0.321 e. The van der Waals surface area contributed by atoms with Crippen LogP contribution in [-0.4, -0.2) is 36.9 Å². The summed E-state index contributed by atoms with van der Waals surface area (Å²) >= 11 is 0. The topological polar surface area (TPSA) is 86.7 Å². The molecule has 118 valence electrons. The molecular weight excluding hydrogens is 292 g/mol. The minimum atomic E-state index is -3.83. The van der Waals surface area contributed by atoms with Crippen molar-refractivity contribution < 1.29 is 18.3 Å². The van der Waals surface area contributed by atoms with Gasteiger partial charge < -0.3 is 5.11 Å². The van der Waals surface area contributed by atoms with Gasteiger partial charge in [-0.1, -0.05) is 50.1 Å². The molecule has 7 heteroatoms. The number of carbonyl (C=O) groups is 1. The van der Waals surface area contributed by atoms with Crippen molar-refractivity contribution in [1.29, 1.82) is 0 Å². The van der Waals surface area contributed by atoms with E-state index in [1.807, 2.05) is 37.3 Å². The lowest BCUT2D eigenvalue weighted by atomic mass is 10.1. The van der Waals surface area contributed by atoms with Crippen molar-refractivity contribution >= 4 is 16.2 Å². The van der Waals surface area contributed by atoms with Crippen LogP contribution in [0.5, 0.6) is 0 Å². The number of nitrogens with one attached hydrogen (secondary N) is 1. The lowest BCUT2D eigenvalue weighted by Gasteiger charge is -2.21. The van der Waals surface area contributed by atoms with Crippen LogP contribution in [0.4, 0.5) is 0 Å². The highest BCUT2D eigenvalue weighted by molar-refractivity contribution is 7.87. The summed E-state index contributed by atoms with van der Waals surface area (Å²) in [5.74, 6) is -1.15. The van der Waals surface area contributed by atoms with Crippen LogP contribution >= 0.6 is 0 Å². The van der Waals surface area contributed by atoms with Crippen LogP contribution in [-0.2, 0) is 21.5 Å². The van der Waals surface area contributed by atoms with Crippen LogP contribution in [0.2, 0.25) is 0 Å². The van der Waals surface area contributed by atoms with Crippen molar-refractivity contribution in [3.05, 3.63) is 35.9 Å². The van der Waals surface area contributed by atoms with Gasteiger partial charge in [0.25, 0.3) is 10.2 Å². The van der Waals surface area contributed by atoms with E-state index in [4.69, 9.17) is 5.11 Å². The molecule has 0 radical (unpaired) electrons. The van der Waals surface area contributed by atoms with Crippen LogP contribution in [0, 0.1) is 0 Å². The van der Waals surface area contributed by atoms with Gasteiger partial charge in [0.15, 0.2) is 0 Å². The Bertz CT molecular complexity index is 545. The molecule has 0 bridgehead atoms. The molecule has 2 N–H and O–H groups in total. The van der Waals surface area contributed by atoms with E-state index in [1.165, 1.54) is 7.05 Å². The van der Waals surface area contributed by atoms with Gasteiger partial charge in [0.1, 0.15) is 6.04 Å². The third-order valence-electron chi connectivity index (χ3n) is 3.09. The maximum atomic E-state index is 12.2. The molecule has 0 amide bonds. The second-order valence-electron chi connectivity index (χ2n) is 4.90. The van der Waals surface area contributed by atoms with E-state index in [-0.39, 0.29) is 13.0 Å². The summed E-state index contributed by atoms with van der Waals surface area (Å²) in [5, 5.41) is 9.09. The Hall–Kier alpha value is -1.44. The average Bonchev–Trinajstić information content (AvgIpc) is 2.44. The summed E-state index contributed by atoms with van der Waals surface area (Å²) in [6.07, 6.45) is 1.75. The molecule has 0 fully saturated rings. The number of unbranched alkanes of at least 4 members (excludes halogenated alkanes) is 1. The number of hydrogen-bond acceptors (Lipinski definition) is 3. The zero-order valence-corrected chi connectivity index (χ0v) is 13.1. The molecule has 21 heavy (non-hydrogen) atoms. The number of hydrogen-bond donors (Lipinski definition) is 2. The Morgan fingerprint density at radius 3 is 2.48 bits per heavy atom. The molecular formula is C14H22N2O4S. The molecule has 0 aliphatic rings. The summed E-state index contributed by atoms with van der Waals surface area (Å²) in [7, 11) is -2.41. The molecule has 0 saturated carbocycles. The highest BCUT2D eigenvalue weighted by Gasteiger charge is 2.26. The Balaban J connectivity index is 2.72. The number of nitrogens with zero attached hydrogens (tertiary/aromatic N) is 1. The number of aliphatic carboxylic acids is 1. The molecule has 6 nitrogen and oxygen atoms in total. The molecule has 0 unspecified atom stereocenters. The molecule has 0 aliphatic carbocycles. The number of benzene rings is 1. The van der Waals surface area contributed by atoms with Gasteiger partial charge in [-0.2, -0.15) is 17.4 Å². The van der Waals surface area contributed by atoms with Crippen LogP contribution in [0.15, 0.2) is 30.3 Å². The minimum absolute atomic E-state index is 0.191. The quantitative estimate of drug-likeness (QED) is 0.725. The monoisotopic (exact) mass is 314 g/mol. The predicted molar refractivity (Wildman–Crippen MR) is 80.9 cm³/mol. The van der Waals surface area contributed by atoms with E-state index in [2.05, 4.69) is 4.72 Å². The first-order valence-corrected chi connectivity index (χ1v) is 8.31. The number of carboxylic acid groups (broad SMARTS) is 1. The zero-order chi connectivity index (χ0) is 15.9. The second kappa shape index (κ2) is 8.11. The fraction of sp³-hybridized carbons (Fsp3) is 0.500. The maximum absolute atomic E-state index is 12.2. The summed E-state index contributed by atoms with van der Waals surface area (Å²) in [5.41, 5.74) is 0.839. The van der Waals surface area contributed by atoms with Crippen molar-refractivity contribution in [2.45, 2.75) is 38.8 Å². The van der Waals surface area contributed by atoms with Crippen LogP contribution < -0.4 is 4.72 Å². The molecule has 1 aromatic carbocycles. The van der Waals surface area contributed by atoms with Gasteiger partial charge in [-0.3, -0.25) is 4.79 Å². The van der Waals surface area contributed by atoms with E-state index in [1.54, 1.807) is 0 Å². The molecule has 1 atom stereocenters. The smallest absolute Gasteiger partial charge is 0.321 e. The average molecular weight is 314 g/mol. The molecule has 1 aromatic rings. The van der Waals surface area contributed by atoms with Gasteiger partial charge in [0.2, 0.25) is 0 Å². The van der Waals surface area contributed by atoms with Crippen molar-refractivity contribution in [2.24, 2.45) is 0 Å². The minimum Gasteiger partial charge on any atom is -0.480 e. The summed E-state index contributed by atoms with van der Waals surface area (Å²) < 4.78 is 27.7. The first-order valence-electron chi connectivity index (χ1n) is 6.87. The Kier molecular flexibility index (Phi) is 6.80. The third-order valence-corrected chi connectivity index (χ3v) is 4.63. The van der Waals surface area contributed by atoms with E-state index in [9.17, 15) is 13.2 Å². The standard InChI is InChI=1S/C14H22N2O4S/c1-3-4-10-13(14(17)18)15-21(19,20)16(2)11-12-8-6-5-7-9-12/h5-9,13,15H,3-4,10-11H2,1-2H3,(H,17,18)/t13-/m0/s1. The van der Waals surface area contributed by atoms with Gasteiger partial charge in [-0.15, -0.1) is 0 Å². The van der Waals surface area contributed by atoms with Crippen molar-refractivity contribution in [3.63, 3.8) is 0 Å². The van der Waals surface area contributed by atoms with Crippen molar-refractivity contribution in [2.75, 3.05) is 7.05 Å².